The van der Waals surface area contributed by atoms with Crippen molar-refractivity contribution in [2.75, 3.05) is 0 Å². The first-order valence-corrected chi connectivity index (χ1v) is 8.63. The molecule has 0 saturated heterocycles. The van der Waals surface area contributed by atoms with Crippen molar-refractivity contribution >= 4 is 21.8 Å². The number of nitrogens with zero attached hydrogens (tertiary/aromatic N) is 2. The van der Waals surface area contributed by atoms with Gasteiger partial charge in [0.25, 0.3) is 5.91 Å². The Morgan fingerprint density at radius 2 is 2.00 bits per heavy atom. The molecule has 1 aromatic heterocycles. The van der Waals surface area contributed by atoms with Crippen LogP contribution in [0.3, 0.4) is 0 Å². The van der Waals surface area contributed by atoms with Crippen LogP contribution in [0.1, 0.15) is 21.6 Å². The van der Waals surface area contributed by atoms with Crippen LogP contribution >= 0.6 is 15.9 Å². The van der Waals surface area contributed by atoms with Gasteiger partial charge in [0.15, 0.2) is 0 Å². The summed E-state index contributed by atoms with van der Waals surface area (Å²) < 4.78 is 8.50. The summed E-state index contributed by atoms with van der Waals surface area (Å²) >= 11 is 3.39. The second-order valence-electron chi connectivity index (χ2n) is 5.57. The zero-order valence-corrected chi connectivity index (χ0v) is 15.4. The van der Waals surface area contributed by atoms with Crippen molar-refractivity contribution in [3.63, 3.8) is 0 Å². The van der Waals surface area contributed by atoms with Crippen LogP contribution in [0.2, 0.25) is 0 Å². The standard InChI is InChI=1S/C19H18BrN3O2/c1-23-17(9-10-22-23)12-21-19(24)15-4-2-3-14(11-15)13-25-18-7-5-16(20)6-8-18/h2-11H,12-13H2,1H3,(H,21,24). The van der Waals surface area contributed by atoms with Gasteiger partial charge in [-0.15, -0.1) is 0 Å². The summed E-state index contributed by atoms with van der Waals surface area (Å²) in [4.78, 5) is 12.3. The smallest absolute Gasteiger partial charge is 0.251 e. The molecule has 1 N–H and O–H groups in total. The van der Waals surface area contributed by atoms with Crippen molar-refractivity contribution < 1.29 is 9.53 Å². The molecule has 0 unspecified atom stereocenters. The largest absolute Gasteiger partial charge is 0.489 e. The van der Waals surface area contributed by atoms with E-state index < -0.39 is 0 Å². The van der Waals surface area contributed by atoms with Gasteiger partial charge in [-0.2, -0.15) is 5.10 Å². The van der Waals surface area contributed by atoms with Gasteiger partial charge in [0, 0.05) is 23.3 Å². The molecule has 128 valence electrons. The van der Waals surface area contributed by atoms with E-state index in [9.17, 15) is 4.79 Å². The highest BCUT2D eigenvalue weighted by atomic mass is 79.9. The number of halogens is 1. The molecule has 0 saturated carbocycles. The van der Waals surface area contributed by atoms with Gasteiger partial charge < -0.3 is 10.1 Å². The van der Waals surface area contributed by atoms with Crippen molar-refractivity contribution in [3.8, 4) is 5.75 Å². The summed E-state index contributed by atoms with van der Waals surface area (Å²) in [6, 6.07) is 17.0. The van der Waals surface area contributed by atoms with Crippen LogP contribution in [-0.2, 0) is 20.2 Å². The number of nitrogens with one attached hydrogen (secondary N) is 1. The molecule has 1 heterocycles. The van der Waals surface area contributed by atoms with Crippen LogP contribution in [0.4, 0.5) is 0 Å². The third-order valence-electron chi connectivity index (χ3n) is 3.76. The number of amides is 1. The Kier molecular flexibility index (Phi) is 5.50. The van der Waals surface area contributed by atoms with Crippen molar-refractivity contribution in [2.45, 2.75) is 13.2 Å². The highest BCUT2D eigenvalue weighted by Gasteiger charge is 2.08. The van der Waals surface area contributed by atoms with Gasteiger partial charge in [-0.3, -0.25) is 9.48 Å². The third-order valence-corrected chi connectivity index (χ3v) is 4.29. The van der Waals surface area contributed by atoms with Gasteiger partial charge >= 0.3 is 0 Å². The lowest BCUT2D eigenvalue weighted by Crippen LogP contribution is -2.24. The molecule has 5 nitrogen and oxygen atoms in total. The number of carbonyl (C=O) groups is 1. The Morgan fingerprint density at radius 3 is 2.72 bits per heavy atom. The molecule has 2 aromatic carbocycles. The van der Waals surface area contributed by atoms with E-state index in [1.807, 2.05) is 55.6 Å². The molecule has 0 aliphatic rings. The Morgan fingerprint density at radius 1 is 1.20 bits per heavy atom. The minimum Gasteiger partial charge on any atom is -0.489 e. The van der Waals surface area contributed by atoms with E-state index >= 15 is 0 Å². The maximum Gasteiger partial charge on any atom is 0.251 e. The number of hydrogen-bond acceptors (Lipinski definition) is 3. The summed E-state index contributed by atoms with van der Waals surface area (Å²) in [5.41, 5.74) is 2.50. The van der Waals surface area contributed by atoms with E-state index in [0.717, 1.165) is 21.5 Å². The Hall–Kier alpha value is -2.60. The first-order valence-electron chi connectivity index (χ1n) is 7.84. The summed E-state index contributed by atoms with van der Waals surface area (Å²) in [6.07, 6.45) is 1.71. The van der Waals surface area contributed by atoms with Gasteiger partial charge in [0.1, 0.15) is 12.4 Å². The quantitative estimate of drug-likeness (QED) is 0.687. The molecule has 1 amide bonds. The fourth-order valence-electron chi connectivity index (χ4n) is 2.35. The van der Waals surface area contributed by atoms with Crippen LogP contribution < -0.4 is 10.1 Å². The normalized spacial score (nSPS) is 10.5. The lowest BCUT2D eigenvalue weighted by molar-refractivity contribution is 0.0950. The predicted octanol–water partition coefficient (Wildman–Crippen LogP) is 3.69. The molecule has 3 rings (SSSR count). The van der Waals surface area contributed by atoms with Crippen LogP contribution in [-0.4, -0.2) is 15.7 Å². The number of benzene rings is 2. The predicted molar refractivity (Wildman–Crippen MR) is 99.3 cm³/mol. The molecular weight excluding hydrogens is 382 g/mol. The fraction of sp³-hybridized carbons (Fsp3) is 0.158. The topological polar surface area (TPSA) is 56.2 Å². The van der Waals surface area contributed by atoms with E-state index in [-0.39, 0.29) is 5.91 Å². The minimum absolute atomic E-state index is 0.119. The van der Waals surface area contributed by atoms with Crippen molar-refractivity contribution in [3.05, 3.63) is 82.1 Å². The number of aromatic nitrogens is 2. The second kappa shape index (κ2) is 7.98. The summed E-state index contributed by atoms with van der Waals surface area (Å²) in [6.45, 7) is 0.847. The molecular formula is C19H18BrN3O2. The number of hydrogen-bond donors (Lipinski definition) is 1. The van der Waals surface area contributed by atoms with E-state index in [4.69, 9.17) is 4.74 Å². The van der Waals surface area contributed by atoms with Gasteiger partial charge in [-0.25, -0.2) is 0 Å². The maximum atomic E-state index is 12.3. The minimum atomic E-state index is -0.119. The summed E-state index contributed by atoms with van der Waals surface area (Å²) in [5, 5.41) is 6.99. The Bertz CT molecular complexity index is 859. The van der Waals surface area contributed by atoms with E-state index in [1.54, 1.807) is 16.9 Å². The Balaban J connectivity index is 1.59. The summed E-state index contributed by atoms with van der Waals surface area (Å²) in [5.74, 6) is 0.668. The number of ether oxygens (including phenoxy) is 1. The van der Waals surface area contributed by atoms with Gasteiger partial charge in [-0.1, -0.05) is 28.1 Å². The van der Waals surface area contributed by atoms with Crippen LogP contribution in [0, 0.1) is 0 Å². The number of rotatable bonds is 6. The molecule has 0 fully saturated rings. The maximum absolute atomic E-state index is 12.3. The highest BCUT2D eigenvalue weighted by molar-refractivity contribution is 9.10. The molecule has 0 aliphatic carbocycles. The lowest BCUT2D eigenvalue weighted by Gasteiger charge is -2.09. The molecule has 0 atom stereocenters. The van der Waals surface area contributed by atoms with Crippen molar-refractivity contribution in [1.29, 1.82) is 0 Å². The van der Waals surface area contributed by atoms with Crippen LogP contribution in [0.5, 0.6) is 5.75 Å². The van der Waals surface area contributed by atoms with E-state index in [0.29, 0.717) is 18.7 Å². The van der Waals surface area contributed by atoms with Gasteiger partial charge in [0.2, 0.25) is 0 Å². The van der Waals surface area contributed by atoms with E-state index in [2.05, 4.69) is 26.3 Å². The summed E-state index contributed by atoms with van der Waals surface area (Å²) in [7, 11) is 1.85. The van der Waals surface area contributed by atoms with Crippen LogP contribution in [0.15, 0.2) is 65.3 Å². The zero-order valence-electron chi connectivity index (χ0n) is 13.8. The highest BCUT2D eigenvalue weighted by Crippen LogP contribution is 2.17. The first kappa shape index (κ1) is 17.2. The second-order valence-corrected chi connectivity index (χ2v) is 6.49. The molecule has 0 aliphatic heterocycles. The molecule has 0 bridgehead atoms. The molecule has 0 radical (unpaired) electrons. The van der Waals surface area contributed by atoms with Gasteiger partial charge in [0.05, 0.1) is 12.2 Å². The average Bonchev–Trinajstić information content (AvgIpc) is 3.04. The zero-order chi connectivity index (χ0) is 17.6. The molecule has 3 aromatic rings. The van der Waals surface area contributed by atoms with E-state index in [1.165, 1.54) is 0 Å². The molecule has 0 spiro atoms. The lowest BCUT2D eigenvalue weighted by atomic mass is 10.1. The molecule has 6 heteroatoms. The van der Waals surface area contributed by atoms with Crippen molar-refractivity contribution in [2.24, 2.45) is 7.05 Å². The monoisotopic (exact) mass is 399 g/mol. The first-order chi connectivity index (χ1) is 12.1. The number of aryl methyl sites for hydroxylation is 1. The third kappa shape index (κ3) is 4.70. The SMILES string of the molecule is Cn1nccc1CNC(=O)c1cccc(COc2ccc(Br)cc2)c1. The van der Waals surface area contributed by atoms with Gasteiger partial charge in [-0.05, 0) is 48.0 Å². The Labute approximate surface area is 154 Å². The van der Waals surface area contributed by atoms with Crippen LogP contribution in [0.25, 0.3) is 0 Å². The number of carbonyl (C=O) groups excluding carboxylic acids is 1. The fourth-order valence-corrected chi connectivity index (χ4v) is 2.61. The van der Waals surface area contributed by atoms with Crippen molar-refractivity contribution in [1.82, 2.24) is 15.1 Å². The molecule has 25 heavy (non-hydrogen) atoms. The average molecular weight is 400 g/mol.